The largest absolute Gasteiger partial charge is 0.493 e. The van der Waals surface area contributed by atoms with E-state index in [1.807, 2.05) is 0 Å². The van der Waals surface area contributed by atoms with Gasteiger partial charge in [-0.15, -0.1) is 11.3 Å². The smallest absolute Gasteiger partial charge is 0.191 e. The Morgan fingerprint density at radius 2 is 2.04 bits per heavy atom. The summed E-state index contributed by atoms with van der Waals surface area (Å²) in [6.07, 6.45) is 1.95. The molecule has 2 N–H and O–H groups in total. The highest BCUT2D eigenvalue weighted by molar-refractivity contribution is 7.11. The van der Waals surface area contributed by atoms with Crippen LogP contribution in [0.2, 0.25) is 0 Å². The van der Waals surface area contributed by atoms with Crippen LogP contribution >= 0.6 is 11.3 Å². The molecule has 1 aromatic heterocycles. The van der Waals surface area contributed by atoms with Gasteiger partial charge in [-0.2, -0.15) is 0 Å². The maximum Gasteiger partial charge on any atom is 0.191 e. The van der Waals surface area contributed by atoms with Gasteiger partial charge in [0, 0.05) is 37.0 Å². The lowest BCUT2D eigenvalue weighted by Gasteiger charge is -2.15. The minimum atomic E-state index is 0.678. The van der Waals surface area contributed by atoms with Crippen molar-refractivity contribution in [3.63, 3.8) is 0 Å². The second-order valence-electron chi connectivity index (χ2n) is 6.30. The lowest BCUT2D eigenvalue weighted by atomic mass is 10.1. The molecule has 0 bridgehead atoms. The Labute approximate surface area is 160 Å². The molecule has 6 heteroatoms. The Bertz CT molecular complexity index is 739. The number of ether oxygens (including phenoxy) is 1. The van der Waals surface area contributed by atoms with Crippen molar-refractivity contribution in [1.29, 1.82) is 0 Å². The van der Waals surface area contributed by atoms with Gasteiger partial charge < -0.3 is 15.4 Å². The quantitative estimate of drug-likeness (QED) is 0.545. The zero-order valence-corrected chi connectivity index (χ0v) is 17.3. The number of hydrogen-bond acceptors (Lipinski definition) is 4. The molecule has 0 amide bonds. The van der Waals surface area contributed by atoms with Gasteiger partial charge in [-0.25, -0.2) is 4.98 Å². The van der Waals surface area contributed by atoms with Gasteiger partial charge in [-0.1, -0.05) is 19.1 Å². The molecular formula is C20H30N4OS. The number of guanidine groups is 1. The first kappa shape index (κ1) is 20.2. The average molecular weight is 375 g/mol. The summed E-state index contributed by atoms with van der Waals surface area (Å²) in [5.41, 5.74) is 3.48. The monoisotopic (exact) mass is 374 g/mol. The van der Waals surface area contributed by atoms with Crippen LogP contribution in [0.3, 0.4) is 0 Å². The number of hydrogen-bond donors (Lipinski definition) is 2. The summed E-state index contributed by atoms with van der Waals surface area (Å²) < 4.78 is 5.88. The van der Waals surface area contributed by atoms with Crippen LogP contribution in [0.15, 0.2) is 23.2 Å². The zero-order valence-electron chi connectivity index (χ0n) is 16.5. The Balaban J connectivity index is 1.87. The first-order valence-electron chi connectivity index (χ1n) is 9.13. The van der Waals surface area contributed by atoms with Crippen molar-refractivity contribution in [3.05, 3.63) is 44.9 Å². The molecule has 0 aliphatic rings. The normalized spacial score (nSPS) is 11.5. The first-order chi connectivity index (χ1) is 12.5. The van der Waals surface area contributed by atoms with E-state index in [9.17, 15) is 0 Å². The Morgan fingerprint density at radius 3 is 2.69 bits per heavy atom. The molecule has 2 rings (SSSR count). The van der Waals surface area contributed by atoms with Crippen LogP contribution in [0.5, 0.6) is 5.75 Å². The zero-order chi connectivity index (χ0) is 18.9. The Kier molecular flexibility index (Phi) is 7.91. The summed E-state index contributed by atoms with van der Waals surface area (Å²) in [5.74, 6) is 1.75. The number of rotatable bonds is 8. The summed E-state index contributed by atoms with van der Waals surface area (Å²) in [4.78, 5) is 10.1. The minimum Gasteiger partial charge on any atom is -0.493 e. The predicted molar refractivity (Wildman–Crippen MR) is 110 cm³/mol. The Morgan fingerprint density at radius 1 is 1.23 bits per heavy atom. The van der Waals surface area contributed by atoms with E-state index in [-0.39, 0.29) is 0 Å². The van der Waals surface area contributed by atoms with Gasteiger partial charge in [0.2, 0.25) is 0 Å². The number of thiazole rings is 1. The highest BCUT2D eigenvalue weighted by Gasteiger charge is 2.07. The maximum absolute atomic E-state index is 5.88. The third kappa shape index (κ3) is 6.02. The standard InChI is InChI=1S/C20H30N4OS/c1-6-11-25-18-12-14(2)7-8-17(18)13-23-20(21-5)22-10-9-19-15(3)24-16(4)26-19/h7-8,12H,6,9-11,13H2,1-5H3,(H2,21,22,23). The highest BCUT2D eigenvalue weighted by Crippen LogP contribution is 2.20. The van der Waals surface area contributed by atoms with Gasteiger partial charge in [0.1, 0.15) is 5.75 Å². The molecule has 26 heavy (non-hydrogen) atoms. The van der Waals surface area contributed by atoms with Gasteiger partial charge in [0.15, 0.2) is 5.96 Å². The van der Waals surface area contributed by atoms with Crippen molar-refractivity contribution < 1.29 is 4.74 Å². The molecule has 2 aromatic rings. The summed E-state index contributed by atoms with van der Waals surface area (Å²) >= 11 is 1.77. The van der Waals surface area contributed by atoms with E-state index >= 15 is 0 Å². The molecular weight excluding hydrogens is 344 g/mol. The molecule has 0 saturated heterocycles. The van der Waals surface area contributed by atoms with Gasteiger partial charge in [-0.05, 0) is 38.8 Å². The fourth-order valence-electron chi connectivity index (χ4n) is 2.65. The number of nitrogens with zero attached hydrogens (tertiary/aromatic N) is 2. The van der Waals surface area contributed by atoms with Crippen molar-refractivity contribution in [3.8, 4) is 5.75 Å². The number of nitrogens with one attached hydrogen (secondary N) is 2. The lowest BCUT2D eigenvalue weighted by Crippen LogP contribution is -2.37. The van der Waals surface area contributed by atoms with Crippen molar-refractivity contribution >= 4 is 17.3 Å². The number of benzene rings is 1. The van der Waals surface area contributed by atoms with Crippen molar-refractivity contribution in [2.24, 2.45) is 4.99 Å². The molecule has 1 aromatic carbocycles. The number of aromatic nitrogens is 1. The van der Waals surface area contributed by atoms with Gasteiger partial charge >= 0.3 is 0 Å². The third-order valence-electron chi connectivity index (χ3n) is 4.00. The molecule has 0 spiro atoms. The molecule has 0 saturated carbocycles. The van der Waals surface area contributed by atoms with E-state index < -0.39 is 0 Å². The van der Waals surface area contributed by atoms with Gasteiger partial charge in [0.05, 0.1) is 17.3 Å². The number of aliphatic imine (C=N–C) groups is 1. The summed E-state index contributed by atoms with van der Waals surface area (Å²) in [6.45, 7) is 10.6. The van der Waals surface area contributed by atoms with Crippen LogP contribution in [0.4, 0.5) is 0 Å². The Hall–Kier alpha value is -2.08. The molecule has 0 unspecified atom stereocenters. The topological polar surface area (TPSA) is 58.5 Å². The van der Waals surface area contributed by atoms with Gasteiger partial charge in [0.25, 0.3) is 0 Å². The fourth-order valence-corrected chi connectivity index (χ4v) is 3.59. The van der Waals surface area contributed by atoms with E-state index in [1.54, 1.807) is 18.4 Å². The average Bonchev–Trinajstić information content (AvgIpc) is 2.94. The van der Waals surface area contributed by atoms with E-state index in [0.717, 1.165) is 54.0 Å². The predicted octanol–water partition coefficient (Wildman–Crippen LogP) is 3.76. The SMILES string of the molecule is CCCOc1cc(C)ccc1CNC(=NC)NCCc1sc(C)nc1C. The molecule has 0 aliphatic carbocycles. The van der Waals surface area contributed by atoms with Crippen molar-refractivity contribution in [2.45, 2.75) is 47.1 Å². The molecule has 0 radical (unpaired) electrons. The lowest BCUT2D eigenvalue weighted by molar-refractivity contribution is 0.313. The molecule has 1 heterocycles. The minimum absolute atomic E-state index is 0.678. The van der Waals surface area contributed by atoms with Crippen LogP contribution in [-0.2, 0) is 13.0 Å². The van der Waals surface area contributed by atoms with E-state index in [2.05, 4.69) is 66.5 Å². The van der Waals surface area contributed by atoms with Crippen LogP contribution in [0.1, 0.15) is 40.1 Å². The molecule has 0 fully saturated rings. The van der Waals surface area contributed by atoms with Crippen molar-refractivity contribution in [2.75, 3.05) is 20.2 Å². The molecule has 5 nitrogen and oxygen atoms in total. The van der Waals surface area contributed by atoms with Crippen LogP contribution in [0, 0.1) is 20.8 Å². The van der Waals surface area contributed by atoms with E-state index in [0.29, 0.717) is 6.54 Å². The van der Waals surface area contributed by atoms with Crippen LogP contribution < -0.4 is 15.4 Å². The number of aryl methyl sites for hydroxylation is 3. The second-order valence-corrected chi connectivity index (χ2v) is 7.59. The second kappa shape index (κ2) is 10.2. The summed E-state index contributed by atoms with van der Waals surface area (Å²) in [7, 11) is 1.79. The first-order valence-corrected chi connectivity index (χ1v) is 9.94. The fraction of sp³-hybridized carbons (Fsp3) is 0.500. The van der Waals surface area contributed by atoms with Crippen LogP contribution in [-0.4, -0.2) is 31.1 Å². The van der Waals surface area contributed by atoms with E-state index in [1.165, 1.54) is 10.4 Å². The van der Waals surface area contributed by atoms with Gasteiger partial charge in [-0.3, -0.25) is 4.99 Å². The molecule has 0 atom stereocenters. The summed E-state index contributed by atoms with van der Waals surface area (Å²) in [5, 5.41) is 7.87. The molecule has 0 aliphatic heterocycles. The maximum atomic E-state index is 5.88. The van der Waals surface area contributed by atoms with Crippen molar-refractivity contribution in [1.82, 2.24) is 15.6 Å². The third-order valence-corrected chi connectivity index (χ3v) is 5.13. The summed E-state index contributed by atoms with van der Waals surface area (Å²) in [6, 6.07) is 6.32. The van der Waals surface area contributed by atoms with E-state index in [4.69, 9.17) is 4.74 Å². The highest BCUT2D eigenvalue weighted by atomic mass is 32.1. The van der Waals surface area contributed by atoms with Crippen LogP contribution in [0.25, 0.3) is 0 Å². The molecule has 142 valence electrons.